The van der Waals surface area contributed by atoms with Crippen LogP contribution in [0.2, 0.25) is 0 Å². The van der Waals surface area contributed by atoms with Gasteiger partial charge in [-0.25, -0.2) is 4.98 Å². The third-order valence-electron chi connectivity index (χ3n) is 3.64. The average Bonchev–Trinajstić information content (AvgIpc) is 3.06. The number of benzene rings is 1. The molecule has 2 aliphatic rings. The van der Waals surface area contributed by atoms with Crippen LogP contribution in [0.15, 0.2) is 21.4 Å². The van der Waals surface area contributed by atoms with E-state index in [1.165, 1.54) is 0 Å². The smallest absolute Gasteiger partial charge is 0.254 e. The van der Waals surface area contributed by atoms with Gasteiger partial charge < -0.3 is 14.5 Å². The van der Waals surface area contributed by atoms with E-state index in [1.807, 2.05) is 12.1 Å². The highest BCUT2D eigenvalue weighted by Gasteiger charge is 2.21. The fraction of sp³-hybridized carbons (Fsp3) is 0.286. The second-order valence-electron chi connectivity index (χ2n) is 4.89. The van der Waals surface area contributed by atoms with Crippen molar-refractivity contribution in [3.63, 3.8) is 0 Å². The number of fused-ring (bicyclic) bond motifs is 2. The third-order valence-corrected chi connectivity index (χ3v) is 4.23. The van der Waals surface area contributed by atoms with Gasteiger partial charge in [-0.15, -0.1) is 0 Å². The number of nitrogens with zero attached hydrogens (tertiary/aromatic N) is 1. The minimum atomic E-state index is -0.0312. The average molecular weight is 335 g/mol. The Morgan fingerprint density at radius 3 is 3.05 bits per heavy atom. The van der Waals surface area contributed by atoms with Gasteiger partial charge in [0.15, 0.2) is 11.5 Å². The molecule has 6 heteroatoms. The first-order valence-electron chi connectivity index (χ1n) is 6.44. The van der Waals surface area contributed by atoms with Crippen LogP contribution in [0.3, 0.4) is 0 Å². The molecule has 0 amide bonds. The van der Waals surface area contributed by atoms with Gasteiger partial charge >= 0.3 is 0 Å². The molecule has 20 heavy (non-hydrogen) atoms. The van der Waals surface area contributed by atoms with Crippen molar-refractivity contribution < 1.29 is 9.47 Å². The van der Waals surface area contributed by atoms with Gasteiger partial charge in [0.1, 0.15) is 5.82 Å². The molecule has 1 aliphatic carbocycles. The molecule has 4 rings (SSSR count). The highest BCUT2D eigenvalue weighted by Crippen LogP contribution is 2.41. The Hall–Kier alpha value is -1.82. The second-order valence-corrected chi connectivity index (χ2v) is 5.74. The van der Waals surface area contributed by atoms with Crippen LogP contribution in [0.4, 0.5) is 0 Å². The molecular weight excluding hydrogens is 324 g/mol. The maximum atomic E-state index is 12.1. The number of halogens is 1. The lowest BCUT2D eigenvalue weighted by Gasteiger charge is -2.06. The summed E-state index contributed by atoms with van der Waals surface area (Å²) in [5.41, 5.74) is 2.52. The predicted octanol–water partition coefficient (Wildman–Crippen LogP) is 2.42. The van der Waals surface area contributed by atoms with E-state index in [2.05, 4.69) is 25.9 Å². The van der Waals surface area contributed by atoms with Gasteiger partial charge in [0, 0.05) is 11.1 Å². The molecule has 0 spiro atoms. The number of hydrogen-bond acceptors (Lipinski definition) is 4. The van der Waals surface area contributed by atoms with Crippen LogP contribution in [-0.4, -0.2) is 16.8 Å². The van der Waals surface area contributed by atoms with Gasteiger partial charge in [0.25, 0.3) is 5.56 Å². The lowest BCUT2D eigenvalue weighted by Crippen LogP contribution is -2.15. The summed E-state index contributed by atoms with van der Waals surface area (Å²) in [5, 5.41) is 0. The summed E-state index contributed by atoms with van der Waals surface area (Å²) in [6, 6.07) is 3.72. The molecule has 0 unspecified atom stereocenters. The fourth-order valence-corrected chi connectivity index (χ4v) is 3.24. The summed E-state index contributed by atoms with van der Waals surface area (Å²) in [5.74, 6) is 1.93. The maximum absolute atomic E-state index is 12.1. The van der Waals surface area contributed by atoms with E-state index in [9.17, 15) is 4.79 Å². The van der Waals surface area contributed by atoms with Gasteiger partial charge in [-0.1, -0.05) is 0 Å². The van der Waals surface area contributed by atoms with Crippen molar-refractivity contribution in [3.05, 3.63) is 38.2 Å². The molecule has 0 fully saturated rings. The number of rotatable bonds is 1. The van der Waals surface area contributed by atoms with Gasteiger partial charge in [0.2, 0.25) is 6.79 Å². The quantitative estimate of drug-likeness (QED) is 0.869. The first-order chi connectivity index (χ1) is 9.72. The molecule has 1 aromatic heterocycles. The molecule has 0 radical (unpaired) electrons. The van der Waals surface area contributed by atoms with Gasteiger partial charge in [-0.3, -0.25) is 4.79 Å². The molecule has 0 saturated heterocycles. The van der Waals surface area contributed by atoms with E-state index in [0.717, 1.165) is 40.6 Å². The zero-order chi connectivity index (χ0) is 13.7. The van der Waals surface area contributed by atoms with Gasteiger partial charge in [-0.2, -0.15) is 0 Å². The molecule has 2 heterocycles. The number of hydrogen-bond donors (Lipinski definition) is 1. The Morgan fingerprint density at radius 2 is 2.15 bits per heavy atom. The van der Waals surface area contributed by atoms with Crippen LogP contribution >= 0.6 is 15.9 Å². The highest BCUT2D eigenvalue weighted by atomic mass is 79.9. The monoisotopic (exact) mass is 334 g/mol. The normalized spacial score (nSPS) is 15.4. The number of H-pyrrole nitrogens is 1. The Morgan fingerprint density at radius 1 is 1.25 bits per heavy atom. The van der Waals surface area contributed by atoms with Crippen molar-refractivity contribution in [2.45, 2.75) is 19.3 Å². The standard InChI is InChI=1S/C14H11BrN2O3/c15-9-4-7(5-11-12(9)20-6-19-11)13-16-10-3-1-2-8(10)14(18)17-13/h4-5H,1-3,6H2,(H,16,17,18). The van der Waals surface area contributed by atoms with Crippen LogP contribution in [0.1, 0.15) is 17.7 Å². The summed E-state index contributed by atoms with van der Waals surface area (Å²) in [6.45, 7) is 0.214. The lowest BCUT2D eigenvalue weighted by molar-refractivity contribution is 0.173. The van der Waals surface area contributed by atoms with Crippen LogP contribution in [0.25, 0.3) is 11.4 Å². The minimum absolute atomic E-state index is 0.0312. The van der Waals surface area contributed by atoms with Crippen molar-refractivity contribution >= 4 is 15.9 Å². The van der Waals surface area contributed by atoms with E-state index in [4.69, 9.17) is 9.47 Å². The molecule has 1 aromatic carbocycles. The fourth-order valence-electron chi connectivity index (χ4n) is 2.68. The van der Waals surface area contributed by atoms with Crippen molar-refractivity contribution in [2.75, 3.05) is 6.79 Å². The van der Waals surface area contributed by atoms with Crippen molar-refractivity contribution in [1.82, 2.24) is 9.97 Å². The zero-order valence-electron chi connectivity index (χ0n) is 10.5. The molecule has 0 atom stereocenters. The van der Waals surface area contributed by atoms with Crippen molar-refractivity contribution in [3.8, 4) is 22.9 Å². The van der Waals surface area contributed by atoms with Gasteiger partial charge in [0.05, 0.1) is 10.2 Å². The Bertz CT molecular complexity index is 770. The molecule has 102 valence electrons. The molecule has 2 aromatic rings. The first-order valence-corrected chi connectivity index (χ1v) is 7.23. The third kappa shape index (κ3) is 1.75. The number of aryl methyl sites for hydroxylation is 1. The van der Waals surface area contributed by atoms with Crippen LogP contribution < -0.4 is 15.0 Å². The summed E-state index contributed by atoms with van der Waals surface area (Å²) in [7, 11) is 0. The lowest BCUT2D eigenvalue weighted by atomic mass is 10.1. The maximum Gasteiger partial charge on any atom is 0.254 e. The first kappa shape index (κ1) is 12.0. The van der Waals surface area contributed by atoms with Crippen LogP contribution in [-0.2, 0) is 12.8 Å². The largest absolute Gasteiger partial charge is 0.454 e. The van der Waals surface area contributed by atoms with Crippen molar-refractivity contribution in [2.24, 2.45) is 0 Å². The number of ether oxygens (including phenoxy) is 2. The zero-order valence-corrected chi connectivity index (χ0v) is 12.1. The van der Waals surface area contributed by atoms with E-state index in [1.54, 1.807) is 0 Å². The predicted molar refractivity (Wildman–Crippen MR) is 76.1 cm³/mol. The highest BCUT2D eigenvalue weighted by molar-refractivity contribution is 9.10. The summed E-state index contributed by atoms with van der Waals surface area (Å²) in [4.78, 5) is 19.5. The van der Waals surface area contributed by atoms with Gasteiger partial charge in [-0.05, 0) is 47.3 Å². The molecule has 0 bridgehead atoms. The molecular formula is C14H11BrN2O3. The van der Waals surface area contributed by atoms with E-state index >= 15 is 0 Å². The van der Waals surface area contributed by atoms with Crippen LogP contribution in [0.5, 0.6) is 11.5 Å². The van der Waals surface area contributed by atoms with Crippen LogP contribution in [0, 0.1) is 0 Å². The van der Waals surface area contributed by atoms with E-state index < -0.39 is 0 Å². The van der Waals surface area contributed by atoms with Crippen molar-refractivity contribution in [1.29, 1.82) is 0 Å². The summed E-state index contributed by atoms with van der Waals surface area (Å²) in [6.07, 6.45) is 2.69. The Labute approximate surface area is 123 Å². The summed E-state index contributed by atoms with van der Waals surface area (Å²) < 4.78 is 11.5. The number of nitrogens with one attached hydrogen (secondary N) is 1. The number of aromatic nitrogens is 2. The molecule has 1 aliphatic heterocycles. The van der Waals surface area contributed by atoms with E-state index in [0.29, 0.717) is 17.3 Å². The second kappa shape index (κ2) is 4.34. The molecule has 0 saturated carbocycles. The number of aromatic amines is 1. The van der Waals surface area contributed by atoms with E-state index in [-0.39, 0.29) is 12.4 Å². The topological polar surface area (TPSA) is 64.2 Å². The minimum Gasteiger partial charge on any atom is -0.454 e. The SMILES string of the molecule is O=c1[nH]c(-c2cc(Br)c3c(c2)OCO3)nc2c1CCC2. The Balaban J connectivity index is 1.88. The molecule has 1 N–H and O–H groups in total. The summed E-state index contributed by atoms with van der Waals surface area (Å²) >= 11 is 3.45. The molecule has 5 nitrogen and oxygen atoms in total. The Kier molecular flexibility index (Phi) is 2.60.